The lowest BCUT2D eigenvalue weighted by atomic mass is 9.95. The second kappa shape index (κ2) is 14.3. The third-order valence-electron chi connectivity index (χ3n) is 13.0. The second-order valence-corrected chi connectivity index (χ2v) is 16.4. The van der Waals surface area contributed by atoms with Crippen LogP contribution >= 0.6 is 0 Å². The third-order valence-corrected chi connectivity index (χ3v) is 13.0. The van der Waals surface area contributed by atoms with E-state index >= 15 is 0 Å². The minimum Gasteiger partial charge on any atom is -0.496 e. The maximum atomic E-state index is 5.79. The third kappa shape index (κ3) is 5.37. The molecule has 0 fully saturated rings. The molecule has 5 nitrogen and oxygen atoms in total. The van der Waals surface area contributed by atoms with Crippen LogP contribution in [-0.4, -0.2) is 26.2 Å². The Hall–Kier alpha value is -8.54. The van der Waals surface area contributed by atoms with Gasteiger partial charge < -0.3 is 13.9 Å². The van der Waals surface area contributed by atoms with Gasteiger partial charge in [0.15, 0.2) is 5.82 Å². The number of ether oxygens (including phenoxy) is 1. The maximum absolute atomic E-state index is 5.79. The summed E-state index contributed by atoms with van der Waals surface area (Å²) in [4.78, 5) is 10.7. The topological polar surface area (TPSA) is 44.9 Å². The summed E-state index contributed by atoms with van der Waals surface area (Å²) in [5.41, 5.74) is 13.1. The molecular formula is C59H38N4O. The molecule has 5 heteroatoms. The molecule has 0 saturated heterocycles. The lowest BCUT2D eigenvalue weighted by molar-refractivity contribution is 0.420. The van der Waals surface area contributed by atoms with E-state index in [1.807, 2.05) is 6.07 Å². The van der Waals surface area contributed by atoms with Gasteiger partial charge in [-0.3, -0.25) is 0 Å². The Kier molecular flexibility index (Phi) is 8.06. The summed E-state index contributed by atoms with van der Waals surface area (Å²) in [7, 11) is 1.72. The Bertz CT molecular complexity index is 3990. The van der Waals surface area contributed by atoms with Crippen molar-refractivity contribution in [3.05, 3.63) is 212 Å². The van der Waals surface area contributed by atoms with Crippen molar-refractivity contribution < 1.29 is 4.74 Å². The van der Waals surface area contributed by atoms with Crippen molar-refractivity contribution in [2.24, 2.45) is 0 Å². The van der Waals surface area contributed by atoms with E-state index in [2.05, 4.69) is 215 Å². The van der Waals surface area contributed by atoms with E-state index in [1.54, 1.807) is 7.11 Å². The summed E-state index contributed by atoms with van der Waals surface area (Å²) in [6.07, 6.45) is 0. The molecule has 3 aromatic heterocycles. The van der Waals surface area contributed by atoms with Crippen LogP contribution in [-0.2, 0) is 0 Å². The predicted molar refractivity (Wildman–Crippen MR) is 266 cm³/mol. The smallest absolute Gasteiger partial charge is 0.160 e. The number of benzene rings is 10. The van der Waals surface area contributed by atoms with E-state index in [9.17, 15) is 0 Å². The fraction of sp³-hybridized carbons (Fsp3) is 0.0169. The van der Waals surface area contributed by atoms with Crippen LogP contribution in [0.4, 0.5) is 0 Å². The number of para-hydroxylation sites is 3. The average molecular weight is 819 g/mol. The maximum Gasteiger partial charge on any atom is 0.160 e. The first-order valence-corrected chi connectivity index (χ1v) is 21.7. The van der Waals surface area contributed by atoms with Crippen molar-refractivity contribution in [2.75, 3.05) is 7.11 Å². The van der Waals surface area contributed by atoms with E-state index in [1.165, 1.54) is 43.7 Å². The van der Waals surface area contributed by atoms with Crippen molar-refractivity contribution in [1.29, 1.82) is 0 Å². The van der Waals surface area contributed by atoms with Crippen LogP contribution in [0, 0.1) is 0 Å². The SMILES string of the molecule is COc1ccc(-c2nc(-c3ccc(-n4c5ccccc5c5c(-c6cccc7c6c6ccccc6n7-c6ccccc6)cccc54)cc3)nc3c2ccc2ccccc23)c2ccccc12. The highest BCUT2D eigenvalue weighted by atomic mass is 16.5. The lowest BCUT2D eigenvalue weighted by Gasteiger charge is -2.15. The Morgan fingerprint density at radius 2 is 0.906 bits per heavy atom. The molecule has 0 aliphatic carbocycles. The van der Waals surface area contributed by atoms with Crippen LogP contribution in [0.3, 0.4) is 0 Å². The van der Waals surface area contributed by atoms with Crippen LogP contribution in [0.5, 0.6) is 5.75 Å². The van der Waals surface area contributed by atoms with Crippen LogP contribution in [0.1, 0.15) is 0 Å². The van der Waals surface area contributed by atoms with E-state index in [-0.39, 0.29) is 0 Å². The molecule has 13 aromatic rings. The minimum atomic E-state index is 0.678. The number of aromatic nitrogens is 4. The highest BCUT2D eigenvalue weighted by Crippen LogP contribution is 2.44. The van der Waals surface area contributed by atoms with Crippen molar-refractivity contribution in [3.8, 4) is 50.9 Å². The molecule has 0 aliphatic rings. The van der Waals surface area contributed by atoms with Crippen molar-refractivity contribution >= 4 is 76.1 Å². The van der Waals surface area contributed by atoms with Gasteiger partial charge in [0.05, 0.1) is 40.4 Å². The summed E-state index contributed by atoms with van der Waals surface area (Å²) < 4.78 is 10.6. The first kappa shape index (κ1) is 36.1. The van der Waals surface area contributed by atoms with Crippen molar-refractivity contribution in [3.63, 3.8) is 0 Å². The molecule has 0 spiro atoms. The highest BCUT2D eigenvalue weighted by molar-refractivity contribution is 6.22. The van der Waals surface area contributed by atoms with Gasteiger partial charge in [-0.05, 0) is 101 Å². The Labute approximate surface area is 368 Å². The Morgan fingerprint density at radius 1 is 0.359 bits per heavy atom. The fourth-order valence-corrected chi connectivity index (χ4v) is 10.2. The molecule has 64 heavy (non-hydrogen) atoms. The molecule has 13 rings (SSSR count). The summed E-state index contributed by atoms with van der Waals surface area (Å²) >= 11 is 0. The first-order chi connectivity index (χ1) is 31.7. The largest absolute Gasteiger partial charge is 0.496 e. The van der Waals surface area contributed by atoms with Gasteiger partial charge in [-0.25, -0.2) is 9.97 Å². The monoisotopic (exact) mass is 818 g/mol. The van der Waals surface area contributed by atoms with Crippen molar-refractivity contribution in [1.82, 2.24) is 19.1 Å². The Balaban J connectivity index is 0.996. The van der Waals surface area contributed by atoms with Gasteiger partial charge >= 0.3 is 0 Å². The van der Waals surface area contributed by atoms with Gasteiger partial charge in [0, 0.05) is 60.2 Å². The van der Waals surface area contributed by atoms with E-state index in [4.69, 9.17) is 14.7 Å². The number of rotatable bonds is 6. The van der Waals surface area contributed by atoms with Crippen LogP contribution in [0.15, 0.2) is 212 Å². The number of hydrogen-bond donors (Lipinski definition) is 0. The molecular weight excluding hydrogens is 781 g/mol. The summed E-state index contributed by atoms with van der Waals surface area (Å²) in [6.45, 7) is 0. The first-order valence-electron chi connectivity index (χ1n) is 21.7. The summed E-state index contributed by atoms with van der Waals surface area (Å²) in [5, 5.41) is 10.3. The van der Waals surface area contributed by atoms with E-state index in [0.717, 1.165) is 77.4 Å². The minimum absolute atomic E-state index is 0.678. The fourth-order valence-electron chi connectivity index (χ4n) is 10.2. The molecule has 0 unspecified atom stereocenters. The normalized spacial score (nSPS) is 11.8. The van der Waals surface area contributed by atoms with Crippen molar-refractivity contribution in [2.45, 2.75) is 0 Å². The quantitative estimate of drug-likeness (QED) is 0.157. The molecule has 0 saturated carbocycles. The zero-order chi connectivity index (χ0) is 42.3. The molecule has 0 radical (unpaired) electrons. The van der Waals surface area contributed by atoms with E-state index in [0.29, 0.717) is 5.82 Å². The second-order valence-electron chi connectivity index (χ2n) is 16.4. The number of methoxy groups -OCH3 is 1. The van der Waals surface area contributed by atoms with Crippen LogP contribution in [0.2, 0.25) is 0 Å². The van der Waals surface area contributed by atoms with Gasteiger partial charge in [0.2, 0.25) is 0 Å². The Morgan fingerprint density at radius 3 is 1.56 bits per heavy atom. The summed E-state index contributed by atoms with van der Waals surface area (Å²) in [5.74, 6) is 1.52. The van der Waals surface area contributed by atoms with Crippen LogP contribution in [0.25, 0.3) is 121 Å². The average Bonchev–Trinajstić information content (AvgIpc) is 3.89. The lowest BCUT2D eigenvalue weighted by Crippen LogP contribution is -1.98. The molecule has 0 aliphatic heterocycles. The standard InChI is InChI=1S/C59H38N4O/c1-64-54-36-35-46(42-19-7-8-20-43(42)54)58-49-34-31-37-15-5-6-18-41(37)57(49)60-59(61-58)38-29-32-40(33-30-38)63-51-26-12-10-22-48(51)56-45(24-14-28-53(56)63)44-23-13-27-52-55(44)47-21-9-11-25-50(47)62(52)39-16-3-2-4-17-39/h2-36H,1H3. The van der Waals surface area contributed by atoms with Gasteiger partial charge in [-0.15, -0.1) is 0 Å². The molecule has 3 heterocycles. The number of fused-ring (bicyclic) bond motifs is 10. The summed E-state index contributed by atoms with van der Waals surface area (Å²) in [6, 6.07) is 75.8. The number of hydrogen-bond acceptors (Lipinski definition) is 3. The molecule has 0 N–H and O–H groups in total. The molecule has 0 atom stereocenters. The molecule has 300 valence electrons. The van der Waals surface area contributed by atoms with Gasteiger partial charge in [-0.2, -0.15) is 0 Å². The highest BCUT2D eigenvalue weighted by Gasteiger charge is 2.22. The van der Waals surface area contributed by atoms with Gasteiger partial charge in [0.25, 0.3) is 0 Å². The van der Waals surface area contributed by atoms with E-state index < -0.39 is 0 Å². The number of nitrogens with zero attached hydrogens (tertiary/aromatic N) is 4. The molecule has 0 bridgehead atoms. The predicted octanol–water partition coefficient (Wildman–Crippen LogP) is 15.1. The zero-order valence-electron chi connectivity index (χ0n) is 34.9. The van der Waals surface area contributed by atoms with Crippen LogP contribution < -0.4 is 4.74 Å². The zero-order valence-corrected chi connectivity index (χ0v) is 34.9. The van der Waals surface area contributed by atoms with Gasteiger partial charge in [-0.1, -0.05) is 133 Å². The van der Waals surface area contributed by atoms with Gasteiger partial charge in [0.1, 0.15) is 5.75 Å². The molecule has 0 amide bonds. The molecule has 10 aromatic carbocycles.